The SMILES string of the molecule is COc1ccc(NC(C)=O)cc1CNC(=O)c1cccc(C#N)c1. The molecule has 6 nitrogen and oxygen atoms in total. The van der Waals surface area contributed by atoms with Gasteiger partial charge in [0.05, 0.1) is 18.7 Å². The molecule has 0 aliphatic carbocycles. The first-order valence-electron chi connectivity index (χ1n) is 7.26. The molecular formula is C18H17N3O3. The van der Waals surface area contributed by atoms with Crippen molar-refractivity contribution in [2.75, 3.05) is 12.4 Å². The van der Waals surface area contributed by atoms with Gasteiger partial charge >= 0.3 is 0 Å². The number of methoxy groups -OCH3 is 1. The number of hydrogen-bond donors (Lipinski definition) is 2. The Bertz CT molecular complexity index is 809. The minimum atomic E-state index is -0.293. The van der Waals surface area contributed by atoms with Crippen LogP contribution in [0.2, 0.25) is 0 Å². The monoisotopic (exact) mass is 323 g/mol. The minimum absolute atomic E-state index is 0.177. The highest BCUT2D eigenvalue weighted by Crippen LogP contribution is 2.22. The van der Waals surface area contributed by atoms with Gasteiger partial charge in [-0.25, -0.2) is 0 Å². The molecule has 0 radical (unpaired) electrons. The van der Waals surface area contributed by atoms with E-state index in [-0.39, 0.29) is 18.4 Å². The Morgan fingerprint density at radius 2 is 2.00 bits per heavy atom. The number of benzene rings is 2. The van der Waals surface area contributed by atoms with E-state index in [0.29, 0.717) is 22.6 Å². The van der Waals surface area contributed by atoms with Crippen LogP contribution in [0.3, 0.4) is 0 Å². The summed E-state index contributed by atoms with van der Waals surface area (Å²) in [5, 5.41) is 14.4. The van der Waals surface area contributed by atoms with E-state index in [4.69, 9.17) is 10.00 Å². The van der Waals surface area contributed by atoms with Crippen LogP contribution < -0.4 is 15.4 Å². The molecule has 6 heteroatoms. The van der Waals surface area contributed by atoms with Crippen molar-refractivity contribution in [3.8, 4) is 11.8 Å². The third kappa shape index (κ3) is 4.34. The zero-order valence-electron chi connectivity index (χ0n) is 13.4. The van der Waals surface area contributed by atoms with Crippen molar-refractivity contribution in [3.05, 3.63) is 59.2 Å². The average molecular weight is 323 g/mol. The van der Waals surface area contributed by atoms with Crippen molar-refractivity contribution >= 4 is 17.5 Å². The fourth-order valence-corrected chi connectivity index (χ4v) is 2.21. The maximum atomic E-state index is 12.2. The van der Waals surface area contributed by atoms with Gasteiger partial charge in [-0.1, -0.05) is 6.07 Å². The van der Waals surface area contributed by atoms with Crippen molar-refractivity contribution in [2.45, 2.75) is 13.5 Å². The lowest BCUT2D eigenvalue weighted by Crippen LogP contribution is -2.23. The number of anilines is 1. The fourth-order valence-electron chi connectivity index (χ4n) is 2.21. The normalized spacial score (nSPS) is 9.71. The molecule has 0 aliphatic rings. The number of rotatable bonds is 5. The van der Waals surface area contributed by atoms with Crippen LogP contribution in [0.1, 0.15) is 28.4 Å². The number of nitrogens with one attached hydrogen (secondary N) is 2. The fraction of sp³-hybridized carbons (Fsp3) is 0.167. The third-order valence-electron chi connectivity index (χ3n) is 3.29. The number of carbonyl (C=O) groups excluding carboxylic acids is 2. The van der Waals surface area contributed by atoms with Crippen LogP contribution in [0.4, 0.5) is 5.69 Å². The molecule has 0 bridgehead atoms. The molecule has 2 rings (SSSR count). The number of nitriles is 1. The van der Waals surface area contributed by atoms with E-state index in [0.717, 1.165) is 5.56 Å². The molecule has 2 aromatic carbocycles. The van der Waals surface area contributed by atoms with Gasteiger partial charge in [0.15, 0.2) is 0 Å². The maximum absolute atomic E-state index is 12.2. The van der Waals surface area contributed by atoms with Crippen molar-refractivity contribution in [3.63, 3.8) is 0 Å². The molecule has 2 amide bonds. The van der Waals surface area contributed by atoms with Gasteiger partial charge in [0, 0.05) is 30.3 Å². The molecular weight excluding hydrogens is 306 g/mol. The first-order valence-corrected chi connectivity index (χ1v) is 7.26. The summed E-state index contributed by atoms with van der Waals surface area (Å²) >= 11 is 0. The lowest BCUT2D eigenvalue weighted by atomic mass is 10.1. The molecule has 2 N–H and O–H groups in total. The van der Waals surface area contributed by atoms with Gasteiger partial charge < -0.3 is 15.4 Å². The van der Waals surface area contributed by atoms with E-state index in [1.54, 1.807) is 36.4 Å². The Morgan fingerprint density at radius 1 is 1.21 bits per heavy atom. The second kappa shape index (κ2) is 7.79. The Balaban J connectivity index is 2.13. The highest BCUT2D eigenvalue weighted by atomic mass is 16.5. The molecule has 0 spiro atoms. The summed E-state index contributed by atoms with van der Waals surface area (Å²) in [5.74, 6) is 0.137. The second-order valence-corrected chi connectivity index (χ2v) is 5.08. The maximum Gasteiger partial charge on any atom is 0.251 e. The summed E-state index contributed by atoms with van der Waals surface area (Å²) in [6.45, 7) is 1.65. The van der Waals surface area contributed by atoms with Crippen LogP contribution in [0.15, 0.2) is 42.5 Å². The van der Waals surface area contributed by atoms with Crippen LogP contribution in [-0.4, -0.2) is 18.9 Å². The summed E-state index contributed by atoms with van der Waals surface area (Å²) in [4.78, 5) is 23.4. The Morgan fingerprint density at radius 3 is 2.67 bits per heavy atom. The molecule has 0 unspecified atom stereocenters. The summed E-state index contributed by atoms with van der Waals surface area (Å²) in [5.41, 5.74) is 2.19. The lowest BCUT2D eigenvalue weighted by Gasteiger charge is -2.12. The van der Waals surface area contributed by atoms with Crippen molar-refractivity contribution in [2.24, 2.45) is 0 Å². The zero-order chi connectivity index (χ0) is 17.5. The molecule has 0 aliphatic heterocycles. The first-order chi connectivity index (χ1) is 11.5. The first kappa shape index (κ1) is 17.0. The van der Waals surface area contributed by atoms with E-state index in [9.17, 15) is 9.59 Å². The van der Waals surface area contributed by atoms with Crippen LogP contribution in [0.5, 0.6) is 5.75 Å². The number of amides is 2. The van der Waals surface area contributed by atoms with Gasteiger partial charge in [-0.2, -0.15) is 5.26 Å². The van der Waals surface area contributed by atoms with Crippen LogP contribution >= 0.6 is 0 Å². The molecule has 2 aromatic rings. The average Bonchev–Trinajstić information content (AvgIpc) is 2.59. The van der Waals surface area contributed by atoms with Crippen molar-refractivity contribution in [1.29, 1.82) is 5.26 Å². The Labute approximate surface area is 140 Å². The Hall–Kier alpha value is -3.33. The third-order valence-corrected chi connectivity index (χ3v) is 3.29. The van der Waals surface area contributed by atoms with E-state index < -0.39 is 0 Å². The van der Waals surface area contributed by atoms with E-state index in [1.807, 2.05) is 6.07 Å². The highest BCUT2D eigenvalue weighted by Gasteiger charge is 2.10. The number of carbonyl (C=O) groups is 2. The van der Waals surface area contributed by atoms with Crippen LogP contribution in [-0.2, 0) is 11.3 Å². The topological polar surface area (TPSA) is 91.2 Å². The molecule has 0 saturated carbocycles. The van der Waals surface area contributed by atoms with Gasteiger partial charge in [0.1, 0.15) is 5.75 Å². The number of nitrogens with zero attached hydrogens (tertiary/aromatic N) is 1. The summed E-state index contributed by atoms with van der Waals surface area (Å²) in [6, 6.07) is 13.7. The molecule has 122 valence electrons. The summed E-state index contributed by atoms with van der Waals surface area (Å²) in [6.07, 6.45) is 0. The van der Waals surface area contributed by atoms with Gasteiger partial charge in [-0.3, -0.25) is 9.59 Å². The highest BCUT2D eigenvalue weighted by molar-refractivity contribution is 5.94. The molecule has 0 heterocycles. The van der Waals surface area contributed by atoms with E-state index in [2.05, 4.69) is 10.6 Å². The number of ether oxygens (including phenoxy) is 1. The zero-order valence-corrected chi connectivity index (χ0v) is 13.4. The standard InChI is InChI=1S/C18H17N3O3/c1-12(22)21-16-6-7-17(24-2)15(9-16)11-20-18(23)14-5-3-4-13(8-14)10-19/h3-9H,11H2,1-2H3,(H,20,23)(H,21,22). The minimum Gasteiger partial charge on any atom is -0.496 e. The second-order valence-electron chi connectivity index (χ2n) is 5.08. The molecule has 0 saturated heterocycles. The van der Waals surface area contributed by atoms with Crippen molar-refractivity contribution < 1.29 is 14.3 Å². The predicted octanol–water partition coefficient (Wildman–Crippen LogP) is 2.46. The molecule has 0 atom stereocenters. The van der Waals surface area contributed by atoms with Gasteiger partial charge in [-0.05, 0) is 36.4 Å². The van der Waals surface area contributed by atoms with Crippen molar-refractivity contribution in [1.82, 2.24) is 5.32 Å². The Kier molecular flexibility index (Phi) is 5.53. The van der Waals surface area contributed by atoms with E-state index >= 15 is 0 Å². The lowest BCUT2D eigenvalue weighted by molar-refractivity contribution is -0.114. The van der Waals surface area contributed by atoms with E-state index in [1.165, 1.54) is 20.1 Å². The molecule has 24 heavy (non-hydrogen) atoms. The van der Waals surface area contributed by atoms with Gasteiger partial charge in [-0.15, -0.1) is 0 Å². The van der Waals surface area contributed by atoms with Gasteiger partial charge in [0.2, 0.25) is 5.91 Å². The quantitative estimate of drug-likeness (QED) is 0.884. The van der Waals surface area contributed by atoms with Gasteiger partial charge in [0.25, 0.3) is 5.91 Å². The predicted molar refractivity (Wildman–Crippen MR) is 89.6 cm³/mol. The summed E-state index contributed by atoms with van der Waals surface area (Å²) < 4.78 is 5.27. The largest absolute Gasteiger partial charge is 0.496 e. The molecule has 0 aromatic heterocycles. The van der Waals surface area contributed by atoms with Crippen LogP contribution in [0, 0.1) is 11.3 Å². The number of hydrogen-bond acceptors (Lipinski definition) is 4. The smallest absolute Gasteiger partial charge is 0.251 e. The van der Waals surface area contributed by atoms with Crippen LogP contribution in [0.25, 0.3) is 0 Å². The molecule has 0 fully saturated rings. The summed E-state index contributed by atoms with van der Waals surface area (Å²) in [7, 11) is 1.54.